The van der Waals surface area contributed by atoms with Crippen LogP contribution in [0.2, 0.25) is 0 Å². The van der Waals surface area contributed by atoms with Crippen LogP contribution in [0.1, 0.15) is 17.5 Å². The summed E-state index contributed by atoms with van der Waals surface area (Å²) in [7, 11) is -1.54. The number of nitrogens with one attached hydrogen (secondary N) is 2. The van der Waals surface area contributed by atoms with Crippen LogP contribution in [-0.4, -0.2) is 27.2 Å². The van der Waals surface area contributed by atoms with E-state index in [1.807, 2.05) is 6.07 Å². The van der Waals surface area contributed by atoms with E-state index >= 15 is 0 Å². The van der Waals surface area contributed by atoms with Gasteiger partial charge in [0.1, 0.15) is 0 Å². The molecule has 0 aromatic heterocycles. The summed E-state index contributed by atoms with van der Waals surface area (Å²) in [6, 6.07) is 5.00. The van der Waals surface area contributed by atoms with E-state index in [0.29, 0.717) is 17.9 Å². The van der Waals surface area contributed by atoms with Gasteiger partial charge in [-0.3, -0.25) is 0 Å². The molecule has 0 aliphatic carbocycles. The molecule has 2 amide bonds. The van der Waals surface area contributed by atoms with Gasteiger partial charge in [0.2, 0.25) is 0 Å². The second-order valence-corrected chi connectivity index (χ2v) is 6.37. The van der Waals surface area contributed by atoms with Gasteiger partial charge in [-0.2, -0.15) is 0 Å². The van der Waals surface area contributed by atoms with Gasteiger partial charge >= 0.3 is 6.03 Å². The average molecular weight is 268 g/mol. The van der Waals surface area contributed by atoms with Crippen LogP contribution in [0.5, 0.6) is 0 Å². The molecule has 2 N–H and O–H groups in total. The number of benzene rings is 1. The highest BCUT2D eigenvalue weighted by Gasteiger charge is 2.23. The molecule has 0 saturated heterocycles. The summed E-state index contributed by atoms with van der Waals surface area (Å²) in [5.74, 6) is 0.232. The quantitative estimate of drug-likeness (QED) is 0.834. The van der Waals surface area contributed by atoms with Crippen LogP contribution in [0.3, 0.4) is 0 Å². The second kappa shape index (κ2) is 4.97. The Morgan fingerprint density at radius 2 is 2.17 bits per heavy atom. The number of carbonyl (C=O) groups excluding carboxylic acids is 1. The third kappa shape index (κ3) is 2.64. The van der Waals surface area contributed by atoms with Crippen LogP contribution in [0.4, 0.5) is 4.79 Å². The van der Waals surface area contributed by atoms with Crippen LogP contribution in [0.25, 0.3) is 0 Å². The Bertz CT molecular complexity index is 567. The van der Waals surface area contributed by atoms with E-state index in [9.17, 15) is 13.2 Å². The van der Waals surface area contributed by atoms with Gasteiger partial charge in [-0.1, -0.05) is 12.1 Å². The fraction of sp³-hybridized carbons (Fsp3) is 0.417. The largest absolute Gasteiger partial charge is 0.341 e. The summed E-state index contributed by atoms with van der Waals surface area (Å²) in [6.45, 7) is 0.396. The van der Waals surface area contributed by atoms with Crippen molar-refractivity contribution < 1.29 is 13.2 Å². The summed E-state index contributed by atoms with van der Waals surface area (Å²) in [5.41, 5.74) is 1.77. The molecule has 6 heteroatoms. The number of sulfone groups is 1. The second-order valence-electron chi connectivity index (χ2n) is 4.30. The third-order valence-electron chi connectivity index (χ3n) is 3.00. The molecule has 0 bridgehead atoms. The Morgan fingerprint density at radius 3 is 2.89 bits per heavy atom. The maximum absolute atomic E-state index is 11.8. The summed E-state index contributed by atoms with van der Waals surface area (Å²) < 4.78 is 23.6. The molecule has 1 aliphatic rings. The summed E-state index contributed by atoms with van der Waals surface area (Å²) >= 11 is 0. The SMILES string of the molecule is CNC(=O)NCc1ccc2c(c1)CCCS2(=O)=O. The van der Waals surface area contributed by atoms with Gasteiger partial charge in [-0.15, -0.1) is 0 Å². The van der Waals surface area contributed by atoms with Crippen molar-refractivity contribution in [2.75, 3.05) is 12.8 Å². The minimum Gasteiger partial charge on any atom is -0.341 e. The lowest BCUT2D eigenvalue weighted by atomic mass is 10.1. The Morgan fingerprint density at radius 1 is 1.39 bits per heavy atom. The molecule has 1 aromatic carbocycles. The first kappa shape index (κ1) is 12.9. The zero-order valence-corrected chi connectivity index (χ0v) is 11.0. The fourth-order valence-electron chi connectivity index (χ4n) is 2.07. The Hall–Kier alpha value is -1.56. The van der Waals surface area contributed by atoms with E-state index in [-0.39, 0.29) is 11.8 Å². The summed E-state index contributed by atoms with van der Waals surface area (Å²) in [6.07, 6.45) is 1.45. The van der Waals surface area contributed by atoms with E-state index in [1.54, 1.807) is 19.2 Å². The molecule has 1 aromatic rings. The molecule has 0 atom stereocenters. The Kier molecular flexibility index (Phi) is 3.56. The monoisotopic (exact) mass is 268 g/mol. The van der Waals surface area contributed by atoms with Crippen LogP contribution in [-0.2, 0) is 22.8 Å². The van der Waals surface area contributed by atoms with Gasteiger partial charge in [0.05, 0.1) is 10.6 Å². The topological polar surface area (TPSA) is 75.3 Å². The number of carbonyl (C=O) groups is 1. The number of rotatable bonds is 2. The van der Waals surface area contributed by atoms with Gasteiger partial charge in [-0.05, 0) is 30.0 Å². The van der Waals surface area contributed by atoms with E-state index in [1.165, 1.54) is 0 Å². The van der Waals surface area contributed by atoms with Crippen LogP contribution in [0.15, 0.2) is 23.1 Å². The molecule has 0 unspecified atom stereocenters. The van der Waals surface area contributed by atoms with E-state index in [0.717, 1.165) is 17.5 Å². The normalized spacial score (nSPS) is 16.7. The molecule has 5 nitrogen and oxygen atoms in total. The number of fused-ring (bicyclic) bond motifs is 1. The minimum absolute atomic E-state index is 0.232. The first-order chi connectivity index (χ1) is 8.53. The number of amides is 2. The van der Waals surface area contributed by atoms with E-state index in [4.69, 9.17) is 0 Å². The van der Waals surface area contributed by atoms with Crippen LogP contribution in [0, 0.1) is 0 Å². The van der Waals surface area contributed by atoms with Crippen molar-refractivity contribution >= 4 is 15.9 Å². The molecule has 0 fully saturated rings. The summed E-state index contributed by atoms with van der Waals surface area (Å²) in [5, 5.41) is 5.14. The number of aryl methyl sites for hydroxylation is 1. The molecule has 0 radical (unpaired) electrons. The lowest BCUT2D eigenvalue weighted by molar-refractivity contribution is 0.242. The van der Waals surface area contributed by atoms with Gasteiger partial charge in [0.15, 0.2) is 9.84 Å². The Labute approximate surface area is 107 Å². The maximum Gasteiger partial charge on any atom is 0.314 e. The van der Waals surface area contributed by atoms with Gasteiger partial charge in [-0.25, -0.2) is 13.2 Å². The Balaban J connectivity index is 2.20. The lowest BCUT2D eigenvalue weighted by Gasteiger charge is -2.17. The van der Waals surface area contributed by atoms with Crippen LogP contribution < -0.4 is 10.6 Å². The molecular formula is C12H16N2O3S. The first-order valence-corrected chi connectivity index (χ1v) is 7.48. The van der Waals surface area contributed by atoms with Crippen molar-refractivity contribution in [2.45, 2.75) is 24.3 Å². The van der Waals surface area contributed by atoms with Crippen molar-refractivity contribution in [3.05, 3.63) is 29.3 Å². The van der Waals surface area contributed by atoms with Crippen molar-refractivity contribution in [1.29, 1.82) is 0 Å². The minimum atomic E-state index is -3.09. The highest BCUT2D eigenvalue weighted by atomic mass is 32.2. The van der Waals surface area contributed by atoms with Crippen molar-refractivity contribution in [3.63, 3.8) is 0 Å². The molecule has 2 rings (SSSR count). The lowest BCUT2D eigenvalue weighted by Crippen LogP contribution is -2.32. The van der Waals surface area contributed by atoms with Crippen molar-refractivity contribution in [3.8, 4) is 0 Å². The third-order valence-corrected chi connectivity index (χ3v) is 4.89. The molecule has 18 heavy (non-hydrogen) atoms. The molecule has 0 spiro atoms. The first-order valence-electron chi connectivity index (χ1n) is 5.83. The zero-order valence-electron chi connectivity index (χ0n) is 10.2. The molecule has 0 saturated carbocycles. The van der Waals surface area contributed by atoms with Crippen molar-refractivity contribution in [1.82, 2.24) is 10.6 Å². The number of hydrogen-bond donors (Lipinski definition) is 2. The molecule has 1 heterocycles. The predicted octanol–water partition coefficient (Wildman–Crippen LogP) is 0.835. The van der Waals surface area contributed by atoms with E-state index < -0.39 is 9.84 Å². The average Bonchev–Trinajstić information content (AvgIpc) is 2.35. The van der Waals surface area contributed by atoms with E-state index in [2.05, 4.69) is 10.6 Å². The highest BCUT2D eigenvalue weighted by Crippen LogP contribution is 2.25. The fourth-order valence-corrected chi connectivity index (χ4v) is 3.65. The molecule has 98 valence electrons. The maximum atomic E-state index is 11.8. The van der Waals surface area contributed by atoms with Crippen LogP contribution >= 0.6 is 0 Å². The number of urea groups is 1. The van der Waals surface area contributed by atoms with Gasteiger partial charge in [0.25, 0.3) is 0 Å². The molecular weight excluding hydrogens is 252 g/mol. The molecule has 1 aliphatic heterocycles. The summed E-state index contributed by atoms with van der Waals surface area (Å²) in [4.78, 5) is 11.5. The standard InChI is InChI=1S/C12H16N2O3S/c1-13-12(15)14-8-9-4-5-11-10(7-9)3-2-6-18(11,16)17/h4-5,7H,2-3,6,8H2,1H3,(H2,13,14,15). The number of hydrogen-bond acceptors (Lipinski definition) is 3. The van der Waals surface area contributed by atoms with Crippen molar-refractivity contribution in [2.24, 2.45) is 0 Å². The highest BCUT2D eigenvalue weighted by molar-refractivity contribution is 7.91. The smallest absolute Gasteiger partial charge is 0.314 e. The van der Waals surface area contributed by atoms with Gasteiger partial charge < -0.3 is 10.6 Å². The zero-order chi connectivity index (χ0) is 13.2. The van der Waals surface area contributed by atoms with Gasteiger partial charge in [0, 0.05) is 13.6 Å². The predicted molar refractivity (Wildman–Crippen MR) is 68.1 cm³/mol.